The largest absolute Gasteiger partial charge is 0.480 e. The summed E-state index contributed by atoms with van der Waals surface area (Å²) in [6.07, 6.45) is -3.66. The molecule has 2 rings (SSSR count). The van der Waals surface area contributed by atoms with Crippen molar-refractivity contribution in [3.63, 3.8) is 0 Å². The van der Waals surface area contributed by atoms with Gasteiger partial charge in [0.1, 0.15) is 5.75 Å². The third kappa shape index (κ3) is 3.61. The van der Waals surface area contributed by atoms with Gasteiger partial charge in [-0.05, 0) is 24.5 Å². The van der Waals surface area contributed by atoms with Gasteiger partial charge in [-0.15, -0.1) is 11.8 Å². The van der Waals surface area contributed by atoms with Crippen LogP contribution in [0.4, 0.5) is 13.2 Å². The van der Waals surface area contributed by atoms with Crippen molar-refractivity contribution < 1.29 is 22.7 Å². The van der Waals surface area contributed by atoms with Gasteiger partial charge in [-0.25, -0.2) is 0 Å². The Morgan fingerprint density at radius 3 is 2.67 bits per heavy atom. The molecule has 1 atom stereocenters. The molecule has 4 nitrogen and oxygen atoms in total. The molecule has 0 bridgehead atoms. The lowest BCUT2D eigenvalue weighted by atomic mass is 9.89. The summed E-state index contributed by atoms with van der Waals surface area (Å²) in [5.41, 5.74) is -2.07. The number of nitriles is 1. The molecule has 0 aromatic heterocycles. The number of amides is 1. The lowest BCUT2D eigenvalue weighted by molar-refractivity contribution is -0.137. The highest BCUT2D eigenvalue weighted by molar-refractivity contribution is 7.98. The van der Waals surface area contributed by atoms with Crippen molar-refractivity contribution in [3.8, 4) is 11.8 Å². The Labute approximate surface area is 142 Å². The predicted octanol–water partition coefficient (Wildman–Crippen LogP) is 3.51. The average Bonchev–Trinajstić information content (AvgIpc) is 2.70. The van der Waals surface area contributed by atoms with E-state index in [4.69, 9.17) is 10.00 Å². The Kier molecular flexibility index (Phi) is 5.04. The monoisotopic (exact) mass is 358 g/mol. The Balaban J connectivity index is 2.31. The molecule has 1 saturated heterocycles. The zero-order valence-electron chi connectivity index (χ0n) is 13.5. The topological polar surface area (TPSA) is 53.3 Å². The molecule has 1 aliphatic heterocycles. The van der Waals surface area contributed by atoms with Crippen molar-refractivity contribution in [2.75, 3.05) is 18.7 Å². The third-order valence-electron chi connectivity index (χ3n) is 3.80. The number of carbonyl (C=O) groups is 1. The predicted molar refractivity (Wildman–Crippen MR) is 84.5 cm³/mol. The lowest BCUT2D eigenvalue weighted by Crippen LogP contribution is -2.36. The van der Waals surface area contributed by atoms with Crippen LogP contribution in [0, 0.1) is 16.7 Å². The molecule has 0 spiro atoms. The maximum Gasteiger partial charge on any atom is 0.417 e. The van der Waals surface area contributed by atoms with Crippen LogP contribution in [-0.2, 0) is 11.0 Å². The van der Waals surface area contributed by atoms with Crippen molar-refractivity contribution in [2.24, 2.45) is 5.41 Å². The molecular formula is C16H17F3N2O2S. The number of nitrogens with zero attached hydrogens (tertiary/aromatic N) is 2. The number of hydrogen-bond donors (Lipinski definition) is 0. The molecule has 1 aromatic carbocycles. The smallest absolute Gasteiger partial charge is 0.417 e. The van der Waals surface area contributed by atoms with Gasteiger partial charge in [0, 0.05) is 12.0 Å². The zero-order chi connectivity index (χ0) is 18.1. The van der Waals surface area contributed by atoms with E-state index in [1.807, 2.05) is 20.1 Å². The maximum absolute atomic E-state index is 13.0. The summed E-state index contributed by atoms with van der Waals surface area (Å²) in [6, 6.07) is 4.64. The summed E-state index contributed by atoms with van der Waals surface area (Å²) in [5.74, 6) is 0.189. The van der Waals surface area contributed by atoms with Crippen LogP contribution in [0.3, 0.4) is 0 Å². The maximum atomic E-state index is 13.0. The summed E-state index contributed by atoms with van der Waals surface area (Å²) < 4.78 is 44.7. The van der Waals surface area contributed by atoms with Gasteiger partial charge in [-0.1, -0.05) is 13.8 Å². The fraction of sp³-hybridized carbons (Fsp3) is 0.500. The van der Waals surface area contributed by atoms with Gasteiger partial charge in [-0.3, -0.25) is 4.79 Å². The van der Waals surface area contributed by atoms with E-state index in [-0.39, 0.29) is 11.7 Å². The molecule has 1 amide bonds. The van der Waals surface area contributed by atoms with Crippen LogP contribution in [0.2, 0.25) is 0 Å². The highest BCUT2D eigenvalue weighted by Crippen LogP contribution is 2.37. The van der Waals surface area contributed by atoms with Gasteiger partial charge in [0.05, 0.1) is 23.1 Å². The minimum atomic E-state index is -4.66. The van der Waals surface area contributed by atoms with Crippen LogP contribution in [0.5, 0.6) is 5.75 Å². The lowest BCUT2D eigenvalue weighted by Gasteiger charge is -2.24. The van der Waals surface area contributed by atoms with E-state index in [1.165, 1.54) is 23.9 Å². The SMILES string of the molecule is CSCN1CC(C)(C)C(Oc2ccc(C#N)c(C(F)(F)F)c2)C1=O. The van der Waals surface area contributed by atoms with Crippen LogP contribution >= 0.6 is 11.8 Å². The van der Waals surface area contributed by atoms with Crippen LogP contribution in [-0.4, -0.2) is 35.6 Å². The number of benzene rings is 1. The molecule has 1 heterocycles. The van der Waals surface area contributed by atoms with Crippen molar-refractivity contribution in [1.29, 1.82) is 5.26 Å². The minimum Gasteiger partial charge on any atom is -0.480 e. The molecule has 0 radical (unpaired) electrons. The first-order chi connectivity index (χ1) is 11.1. The highest BCUT2D eigenvalue weighted by Gasteiger charge is 2.48. The molecule has 0 aliphatic carbocycles. The summed E-state index contributed by atoms with van der Waals surface area (Å²) in [6.45, 7) is 4.15. The Morgan fingerprint density at radius 2 is 2.12 bits per heavy atom. The molecule has 1 aliphatic rings. The number of ether oxygens (including phenoxy) is 1. The number of halogens is 3. The Bertz CT molecular complexity index is 683. The average molecular weight is 358 g/mol. The first-order valence-electron chi connectivity index (χ1n) is 7.16. The van der Waals surface area contributed by atoms with E-state index in [2.05, 4.69) is 0 Å². The van der Waals surface area contributed by atoms with Crippen molar-refractivity contribution in [1.82, 2.24) is 4.90 Å². The van der Waals surface area contributed by atoms with Gasteiger partial charge in [-0.2, -0.15) is 18.4 Å². The standard InChI is InChI=1S/C16H17F3N2O2S/c1-15(2)8-21(9-24-3)14(22)13(15)23-11-5-4-10(7-20)12(6-11)16(17,18)19/h4-6,13H,8-9H2,1-3H3. The second-order valence-electron chi connectivity index (χ2n) is 6.26. The van der Waals surface area contributed by atoms with Crippen molar-refractivity contribution in [3.05, 3.63) is 29.3 Å². The van der Waals surface area contributed by atoms with E-state index >= 15 is 0 Å². The van der Waals surface area contributed by atoms with Gasteiger partial charge in [0.15, 0.2) is 6.10 Å². The summed E-state index contributed by atoms with van der Waals surface area (Å²) in [4.78, 5) is 14.1. The van der Waals surface area contributed by atoms with Crippen LogP contribution in [0.25, 0.3) is 0 Å². The first-order valence-corrected chi connectivity index (χ1v) is 8.55. The molecule has 1 aromatic rings. The zero-order valence-corrected chi connectivity index (χ0v) is 14.3. The number of carbonyl (C=O) groups excluding carboxylic acids is 1. The van der Waals surface area contributed by atoms with E-state index in [1.54, 1.807) is 4.90 Å². The van der Waals surface area contributed by atoms with E-state index < -0.39 is 28.8 Å². The summed E-state index contributed by atoms with van der Waals surface area (Å²) in [5, 5.41) is 8.82. The third-order valence-corrected chi connectivity index (χ3v) is 4.37. The Hall–Kier alpha value is -1.88. The fourth-order valence-corrected chi connectivity index (χ4v) is 3.22. The molecule has 130 valence electrons. The molecule has 8 heteroatoms. The van der Waals surface area contributed by atoms with Gasteiger partial charge in [0.2, 0.25) is 0 Å². The number of likely N-dealkylation sites (tertiary alicyclic amines) is 1. The molecule has 1 fully saturated rings. The van der Waals surface area contributed by atoms with Crippen LogP contribution in [0.15, 0.2) is 18.2 Å². The molecule has 0 N–H and O–H groups in total. The number of thioether (sulfide) groups is 1. The van der Waals surface area contributed by atoms with Crippen LogP contribution in [0.1, 0.15) is 25.0 Å². The molecular weight excluding hydrogens is 341 g/mol. The second-order valence-corrected chi connectivity index (χ2v) is 7.09. The number of hydrogen-bond acceptors (Lipinski definition) is 4. The van der Waals surface area contributed by atoms with E-state index in [9.17, 15) is 18.0 Å². The van der Waals surface area contributed by atoms with Crippen LogP contribution < -0.4 is 4.74 Å². The fourth-order valence-electron chi connectivity index (χ4n) is 2.69. The van der Waals surface area contributed by atoms with Gasteiger partial charge < -0.3 is 9.64 Å². The highest BCUT2D eigenvalue weighted by atomic mass is 32.2. The minimum absolute atomic E-state index is 0.0706. The summed E-state index contributed by atoms with van der Waals surface area (Å²) in [7, 11) is 0. The molecule has 24 heavy (non-hydrogen) atoms. The van der Waals surface area contributed by atoms with E-state index in [0.29, 0.717) is 12.4 Å². The molecule has 1 unspecified atom stereocenters. The molecule has 0 saturated carbocycles. The van der Waals surface area contributed by atoms with E-state index in [0.717, 1.165) is 12.1 Å². The van der Waals surface area contributed by atoms with Crippen molar-refractivity contribution >= 4 is 17.7 Å². The second kappa shape index (κ2) is 6.55. The quantitative estimate of drug-likeness (QED) is 0.826. The van der Waals surface area contributed by atoms with Crippen molar-refractivity contribution in [2.45, 2.75) is 26.1 Å². The summed E-state index contributed by atoms with van der Waals surface area (Å²) >= 11 is 1.49. The number of rotatable bonds is 4. The Morgan fingerprint density at radius 1 is 1.46 bits per heavy atom. The first kappa shape index (κ1) is 18.5. The number of alkyl halides is 3. The van der Waals surface area contributed by atoms with Gasteiger partial charge in [0.25, 0.3) is 5.91 Å². The van der Waals surface area contributed by atoms with Gasteiger partial charge >= 0.3 is 6.18 Å². The normalized spacial score (nSPS) is 20.1.